The lowest BCUT2D eigenvalue weighted by Crippen LogP contribution is -2.31. The molecule has 1 unspecified atom stereocenters. The molecule has 3 aromatic carbocycles. The Bertz CT molecular complexity index is 1470. The lowest BCUT2D eigenvalue weighted by atomic mass is 10.0. The number of hydrogen-bond acceptors (Lipinski definition) is 4. The number of carbonyl (C=O) groups excluding carboxylic acids is 1. The van der Waals surface area contributed by atoms with E-state index in [0.717, 1.165) is 28.1 Å². The first-order chi connectivity index (χ1) is 16.6. The van der Waals surface area contributed by atoms with E-state index in [1.807, 2.05) is 97.5 Å². The first-order valence-electron chi connectivity index (χ1n) is 11.0. The fraction of sp³-hybridized carbons (Fsp3) is 0.148. The largest absolute Gasteiger partial charge is 0.496 e. The van der Waals surface area contributed by atoms with Gasteiger partial charge in [0, 0.05) is 36.3 Å². The number of aromatic nitrogens is 4. The van der Waals surface area contributed by atoms with Gasteiger partial charge in [0.25, 0.3) is 5.91 Å². The number of methoxy groups -OCH3 is 1. The number of para-hydroxylation sites is 2. The predicted molar refractivity (Wildman–Crippen MR) is 131 cm³/mol. The average Bonchev–Trinajstić information content (AvgIpc) is 3.44. The van der Waals surface area contributed by atoms with Crippen LogP contribution in [-0.2, 0) is 7.05 Å². The Labute approximate surface area is 197 Å². The SMILES string of the molecule is COc1ccccc1C(NC(=O)c1ccc2c(c1)nc(C)n2-c1ccccc1)c1nccn1C. The summed E-state index contributed by atoms with van der Waals surface area (Å²) < 4.78 is 9.55. The first-order valence-corrected chi connectivity index (χ1v) is 11.0. The van der Waals surface area contributed by atoms with Crippen molar-refractivity contribution in [2.24, 2.45) is 7.05 Å². The van der Waals surface area contributed by atoms with Crippen LogP contribution >= 0.6 is 0 Å². The number of amides is 1. The zero-order valence-electron chi connectivity index (χ0n) is 19.3. The van der Waals surface area contributed by atoms with E-state index in [9.17, 15) is 4.79 Å². The number of nitrogens with one attached hydrogen (secondary N) is 1. The number of carbonyl (C=O) groups is 1. The molecule has 0 saturated heterocycles. The van der Waals surface area contributed by atoms with Gasteiger partial charge in [0.05, 0.1) is 18.1 Å². The lowest BCUT2D eigenvalue weighted by molar-refractivity contribution is 0.0941. The molecule has 1 amide bonds. The summed E-state index contributed by atoms with van der Waals surface area (Å²) >= 11 is 0. The molecule has 0 bridgehead atoms. The Balaban J connectivity index is 1.52. The first kappa shape index (κ1) is 21.5. The van der Waals surface area contributed by atoms with Gasteiger partial charge in [-0.2, -0.15) is 0 Å². The highest BCUT2D eigenvalue weighted by atomic mass is 16.5. The molecule has 5 rings (SSSR count). The number of ether oxygens (including phenoxy) is 1. The third kappa shape index (κ3) is 3.81. The summed E-state index contributed by atoms with van der Waals surface area (Å²) in [5.41, 5.74) is 4.11. The molecule has 7 nitrogen and oxygen atoms in total. The minimum absolute atomic E-state index is 0.215. The molecule has 2 aromatic heterocycles. The zero-order valence-corrected chi connectivity index (χ0v) is 19.3. The van der Waals surface area contributed by atoms with Gasteiger partial charge in [-0.25, -0.2) is 9.97 Å². The Morgan fingerprint density at radius 1 is 1.03 bits per heavy atom. The van der Waals surface area contributed by atoms with Crippen LogP contribution in [0.4, 0.5) is 0 Å². The molecular weight excluding hydrogens is 426 g/mol. The fourth-order valence-corrected chi connectivity index (χ4v) is 4.30. The molecular formula is C27H25N5O2. The number of aryl methyl sites for hydroxylation is 2. The Kier molecular flexibility index (Phi) is 5.59. The molecule has 0 fully saturated rings. The standard InChI is InChI=1S/C27H25N5O2/c1-18-29-22-17-19(13-14-23(22)32(18)20-9-5-4-6-10-20)27(33)30-25(26-28-15-16-31(26)2)21-11-7-8-12-24(21)34-3/h4-17,25H,1-3H3,(H,30,33). The van der Waals surface area contributed by atoms with E-state index in [0.29, 0.717) is 17.1 Å². The van der Waals surface area contributed by atoms with Crippen LogP contribution in [0.3, 0.4) is 0 Å². The van der Waals surface area contributed by atoms with Gasteiger partial charge >= 0.3 is 0 Å². The van der Waals surface area contributed by atoms with Crippen molar-refractivity contribution in [2.75, 3.05) is 7.11 Å². The van der Waals surface area contributed by atoms with Gasteiger partial charge in [0.2, 0.25) is 0 Å². The van der Waals surface area contributed by atoms with Gasteiger partial charge in [-0.15, -0.1) is 0 Å². The molecule has 7 heteroatoms. The van der Waals surface area contributed by atoms with Crippen molar-refractivity contribution >= 4 is 16.9 Å². The van der Waals surface area contributed by atoms with E-state index in [-0.39, 0.29) is 5.91 Å². The Morgan fingerprint density at radius 2 is 1.79 bits per heavy atom. The van der Waals surface area contributed by atoms with Crippen molar-refractivity contribution in [1.82, 2.24) is 24.4 Å². The third-order valence-corrected chi connectivity index (χ3v) is 5.94. The van der Waals surface area contributed by atoms with Crippen LogP contribution in [0.1, 0.15) is 33.6 Å². The van der Waals surface area contributed by atoms with Crippen molar-refractivity contribution in [3.63, 3.8) is 0 Å². The molecule has 0 radical (unpaired) electrons. The van der Waals surface area contributed by atoms with Gasteiger partial charge in [-0.3, -0.25) is 9.36 Å². The highest BCUT2D eigenvalue weighted by Gasteiger charge is 2.24. The minimum Gasteiger partial charge on any atom is -0.496 e. The number of rotatable bonds is 6. The van der Waals surface area contributed by atoms with E-state index in [4.69, 9.17) is 9.72 Å². The molecule has 2 heterocycles. The van der Waals surface area contributed by atoms with E-state index in [2.05, 4.69) is 14.9 Å². The van der Waals surface area contributed by atoms with Crippen LogP contribution < -0.4 is 10.1 Å². The topological polar surface area (TPSA) is 74.0 Å². The number of nitrogens with zero attached hydrogens (tertiary/aromatic N) is 4. The van der Waals surface area contributed by atoms with Crippen molar-refractivity contribution < 1.29 is 9.53 Å². The molecule has 1 N–H and O–H groups in total. The van der Waals surface area contributed by atoms with Gasteiger partial charge in [0.15, 0.2) is 0 Å². The maximum Gasteiger partial charge on any atom is 0.252 e. The minimum atomic E-state index is -0.483. The van der Waals surface area contributed by atoms with Crippen LogP contribution in [0.25, 0.3) is 16.7 Å². The summed E-state index contributed by atoms with van der Waals surface area (Å²) in [7, 11) is 3.53. The molecule has 0 aliphatic carbocycles. The summed E-state index contributed by atoms with van der Waals surface area (Å²) in [6, 6.07) is 22.8. The predicted octanol–water partition coefficient (Wildman–Crippen LogP) is 4.60. The third-order valence-electron chi connectivity index (χ3n) is 5.94. The average molecular weight is 452 g/mol. The van der Waals surface area contributed by atoms with Gasteiger partial charge in [-0.05, 0) is 43.3 Å². The normalized spacial score (nSPS) is 12.0. The maximum absolute atomic E-state index is 13.4. The number of benzene rings is 3. The summed E-state index contributed by atoms with van der Waals surface area (Å²) in [6.45, 7) is 1.96. The second kappa shape index (κ2) is 8.86. The van der Waals surface area contributed by atoms with Crippen molar-refractivity contribution in [1.29, 1.82) is 0 Å². The highest BCUT2D eigenvalue weighted by molar-refractivity contribution is 5.98. The maximum atomic E-state index is 13.4. The molecule has 0 aliphatic heterocycles. The quantitative estimate of drug-likeness (QED) is 0.410. The molecule has 0 saturated carbocycles. The van der Waals surface area contributed by atoms with Crippen LogP contribution in [-0.4, -0.2) is 32.1 Å². The number of hydrogen-bond donors (Lipinski definition) is 1. The molecule has 170 valence electrons. The van der Waals surface area contributed by atoms with Crippen molar-refractivity contribution in [3.05, 3.63) is 108 Å². The van der Waals surface area contributed by atoms with Gasteiger partial charge in [0.1, 0.15) is 23.4 Å². The summed E-state index contributed by atoms with van der Waals surface area (Å²) in [5, 5.41) is 3.15. The lowest BCUT2D eigenvalue weighted by Gasteiger charge is -2.21. The molecule has 5 aromatic rings. The second-order valence-corrected chi connectivity index (χ2v) is 8.08. The Morgan fingerprint density at radius 3 is 2.53 bits per heavy atom. The van der Waals surface area contributed by atoms with Crippen LogP contribution in [0.5, 0.6) is 5.75 Å². The van der Waals surface area contributed by atoms with Crippen molar-refractivity contribution in [2.45, 2.75) is 13.0 Å². The van der Waals surface area contributed by atoms with Gasteiger partial charge in [-0.1, -0.05) is 36.4 Å². The number of imidazole rings is 2. The van der Waals surface area contributed by atoms with Crippen molar-refractivity contribution in [3.8, 4) is 11.4 Å². The zero-order chi connectivity index (χ0) is 23.7. The fourth-order valence-electron chi connectivity index (χ4n) is 4.30. The Hall–Kier alpha value is -4.39. The van der Waals surface area contributed by atoms with E-state index < -0.39 is 6.04 Å². The van der Waals surface area contributed by atoms with Crippen LogP contribution in [0.2, 0.25) is 0 Å². The van der Waals surface area contributed by atoms with Gasteiger partial charge < -0.3 is 14.6 Å². The van der Waals surface area contributed by atoms with E-state index in [1.54, 1.807) is 13.3 Å². The summed E-state index contributed by atoms with van der Waals surface area (Å²) in [5.74, 6) is 2.04. The molecule has 0 aliphatic rings. The van der Waals surface area contributed by atoms with E-state index in [1.165, 1.54) is 0 Å². The second-order valence-electron chi connectivity index (χ2n) is 8.08. The monoisotopic (exact) mass is 451 g/mol. The highest BCUT2D eigenvalue weighted by Crippen LogP contribution is 2.30. The molecule has 34 heavy (non-hydrogen) atoms. The smallest absolute Gasteiger partial charge is 0.252 e. The van der Waals surface area contributed by atoms with E-state index >= 15 is 0 Å². The summed E-state index contributed by atoms with van der Waals surface area (Å²) in [6.07, 6.45) is 3.57. The van der Waals surface area contributed by atoms with Crippen LogP contribution in [0, 0.1) is 6.92 Å². The molecule has 0 spiro atoms. The number of fused-ring (bicyclic) bond motifs is 1. The van der Waals surface area contributed by atoms with Crippen LogP contribution in [0.15, 0.2) is 85.2 Å². The summed E-state index contributed by atoms with van der Waals surface area (Å²) in [4.78, 5) is 22.6. The molecule has 1 atom stereocenters.